The fraction of sp³-hybridized carbons (Fsp3) is 0.667. The minimum absolute atomic E-state index is 0.0694. The number of benzene rings is 1. The van der Waals surface area contributed by atoms with Gasteiger partial charge in [0.2, 0.25) is 0 Å². The van der Waals surface area contributed by atoms with Crippen LogP contribution in [0.5, 0.6) is 0 Å². The standard InChI is InChI=1S/C18H30N2O/c1-18(2,3)17(21-4)16(20-19)12-14-10-7-9-13-8-5-6-11-15(13)14/h5-6,8,11,14,16-17,20H,7,9-10,12,19H2,1-4H3. The van der Waals surface area contributed by atoms with Crippen LogP contribution >= 0.6 is 0 Å². The molecule has 0 amide bonds. The molecule has 0 fully saturated rings. The maximum Gasteiger partial charge on any atom is 0.0786 e. The monoisotopic (exact) mass is 290 g/mol. The molecular weight excluding hydrogens is 260 g/mol. The number of aryl methyl sites for hydroxylation is 1. The molecule has 0 spiro atoms. The number of hydrogen-bond donors (Lipinski definition) is 2. The van der Waals surface area contributed by atoms with E-state index < -0.39 is 0 Å². The average Bonchev–Trinajstić information content (AvgIpc) is 2.45. The Bertz CT molecular complexity index is 453. The number of nitrogens with two attached hydrogens (primary N) is 1. The normalized spacial score (nSPS) is 21.7. The first-order chi connectivity index (χ1) is 9.97. The van der Waals surface area contributed by atoms with Gasteiger partial charge in [0, 0.05) is 13.2 Å². The van der Waals surface area contributed by atoms with Crippen molar-refractivity contribution in [1.82, 2.24) is 5.43 Å². The zero-order valence-corrected chi connectivity index (χ0v) is 13.9. The van der Waals surface area contributed by atoms with Crippen molar-refractivity contribution in [3.8, 4) is 0 Å². The third-order valence-electron chi connectivity index (χ3n) is 4.72. The highest BCUT2D eigenvalue weighted by atomic mass is 16.5. The number of methoxy groups -OCH3 is 1. The maximum absolute atomic E-state index is 5.85. The summed E-state index contributed by atoms with van der Waals surface area (Å²) in [5, 5.41) is 0. The lowest BCUT2D eigenvalue weighted by Crippen LogP contribution is -2.51. The van der Waals surface area contributed by atoms with Crippen molar-refractivity contribution < 1.29 is 4.74 Å². The van der Waals surface area contributed by atoms with Crippen molar-refractivity contribution in [3.05, 3.63) is 35.4 Å². The van der Waals surface area contributed by atoms with Gasteiger partial charge in [-0.2, -0.15) is 0 Å². The Morgan fingerprint density at radius 2 is 2.05 bits per heavy atom. The zero-order chi connectivity index (χ0) is 15.5. The molecule has 3 heteroatoms. The number of hydrazine groups is 1. The van der Waals surface area contributed by atoms with Crippen molar-refractivity contribution in [2.45, 2.75) is 64.5 Å². The number of fused-ring (bicyclic) bond motifs is 1. The van der Waals surface area contributed by atoms with Crippen LogP contribution in [0.1, 0.15) is 57.1 Å². The first-order valence-corrected chi connectivity index (χ1v) is 8.04. The summed E-state index contributed by atoms with van der Waals surface area (Å²) in [5.74, 6) is 6.43. The zero-order valence-electron chi connectivity index (χ0n) is 13.9. The summed E-state index contributed by atoms with van der Waals surface area (Å²) in [4.78, 5) is 0. The maximum atomic E-state index is 5.85. The second-order valence-electron chi connectivity index (χ2n) is 7.32. The molecule has 2 rings (SSSR count). The molecule has 3 nitrogen and oxygen atoms in total. The molecule has 118 valence electrons. The number of ether oxygens (including phenoxy) is 1. The van der Waals surface area contributed by atoms with E-state index in [0.717, 1.165) is 6.42 Å². The Morgan fingerprint density at radius 3 is 2.67 bits per heavy atom. The van der Waals surface area contributed by atoms with Crippen LogP contribution in [0.25, 0.3) is 0 Å². The molecule has 3 atom stereocenters. The number of hydrogen-bond acceptors (Lipinski definition) is 3. The van der Waals surface area contributed by atoms with Crippen molar-refractivity contribution in [1.29, 1.82) is 0 Å². The Balaban J connectivity index is 2.16. The molecule has 0 radical (unpaired) electrons. The summed E-state index contributed by atoms with van der Waals surface area (Å²) in [5.41, 5.74) is 6.10. The summed E-state index contributed by atoms with van der Waals surface area (Å²) < 4.78 is 5.75. The highest BCUT2D eigenvalue weighted by molar-refractivity contribution is 5.32. The van der Waals surface area contributed by atoms with Crippen LogP contribution in [0.15, 0.2) is 24.3 Å². The third kappa shape index (κ3) is 3.85. The Kier molecular flexibility index (Phi) is 5.42. The average molecular weight is 290 g/mol. The second kappa shape index (κ2) is 6.91. The van der Waals surface area contributed by atoms with Gasteiger partial charge in [-0.3, -0.25) is 11.3 Å². The smallest absolute Gasteiger partial charge is 0.0786 e. The molecular formula is C18H30N2O. The quantitative estimate of drug-likeness (QED) is 0.645. The van der Waals surface area contributed by atoms with Crippen molar-refractivity contribution >= 4 is 0 Å². The molecule has 1 aliphatic carbocycles. The van der Waals surface area contributed by atoms with E-state index in [2.05, 4.69) is 50.5 Å². The SMILES string of the molecule is COC(C(CC1CCCc2ccccc21)NN)C(C)(C)C. The van der Waals surface area contributed by atoms with E-state index in [9.17, 15) is 0 Å². The largest absolute Gasteiger partial charge is 0.379 e. The minimum Gasteiger partial charge on any atom is -0.379 e. The molecule has 3 unspecified atom stereocenters. The van der Waals surface area contributed by atoms with E-state index in [0.29, 0.717) is 5.92 Å². The fourth-order valence-corrected chi connectivity index (χ4v) is 3.81. The van der Waals surface area contributed by atoms with Gasteiger partial charge in [0.1, 0.15) is 0 Å². The second-order valence-corrected chi connectivity index (χ2v) is 7.32. The van der Waals surface area contributed by atoms with Crippen LogP contribution in [0, 0.1) is 5.41 Å². The van der Waals surface area contributed by atoms with Crippen LogP contribution < -0.4 is 11.3 Å². The van der Waals surface area contributed by atoms with Gasteiger partial charge in [0.25, 0.3) is 0 Å². The van der Waals surface area contributed by atoms with E-state index in [-0.39, 0.29) is 17.6 Å². The number of rotatable bonds is 5. The molecule has 3 N–H and O–H groups in total. The van der Waals surface area contributed by atoms with E-state index in [4.69, 9.17) is 10.6 Å². The first kappa shape index (κ1) is 16.5. The van der Waals surface area contributed by atoms with E-state index >= 15 is 0 Å². The molecule has 0 heterocycles. The summed E-state index contributed by atoms with van der Waals surface area (Å²) in [7, 11) is 1.79. The van der Waals surface area contributed by atoms with Crippen LogP contribution in [-0.2, 0) is 11.2 Å². The van der Waals surface area contributed by atoms with E-state index in [1.54, 1.807) is 7.11 Å². The van der Waals surface area contributed by atoms with Crippen molar-refractivity contribution in [2.75, 3.05) is 7.11 Å². The van der Waals surface area contributed by atoms with Crippen molar-refractivity contribution in [3.63, 3.8) is 0 Å². The van der Waals surface area contributed by atoms with Gasteiger partial charge in [-0.1, -0.05) is 45.0 Å². The molecule has 0 bridgehead atoms. The van der Waals surface area contributed by atoms with Gasteiger partial charge >= 0.3 is 0 Å². The van der Waals surface area contributed by atoms with Gasteiger partial charge in [0.05, 0.1) is 6.10 Å². The van der Waals surface area contributed by atoms with Gasteiger partial charge < -0.3 is 4.74 Å². The van der Waals surface area contributed by atoms with Crippen LogP contribution in [-0.4, -0.2) is 19.3 Å². The first-order valence-electron chi connectivity index (χ1n) is 8.04. The molecule has 0 saturated heterocycles. The molecule has 0 saturated carbocycles. The third-order valence-corrected chi connectivity index (χ3v) is 4.72. The lowest BCUT2D eigenvalue weighted by Gasteiger charge is -2.38. The predicted octanol–water partition coefficient (Wildman–Crippen LogP) is 3.39. The number of nitrogens with one attached hydrogen (secondary N) is 1. The molecule has 1 aromatic rings. The molecule has 0 aliphatic heterocycles. The molecule has 0 aromatic heterocycles. The fourth-order valence-electron chi connectivity index (χ4n) is 3.81. The summed E-state index contributed by atoms with van der Waals surface area (Å²) in [6.45, 7) is 6.63. The van der Waals surface area contributed by atoms with Gasteiger partial charge in [-0.05, 0) is 48.1 Å². The summed E-state index contributed by atoms with van der Waals surface area (Å²) in [6.07, 6.45) is 4.86. The summed E-state index contributed by atoms with van der Waals surface area (Å²) in [6, 6.07) is 9.02. The predicted molar refractivity (Wildman–Crippen MR) is 88.1 cm³/mol. The van der Waals surface area contributed by atoms with Gasteiger partial charge in [0.15, 0.2) is 0 Å². The molecule has 21 heavy (non-hydrogen) atoms. The lowest BCUT2D eigenvalue weighted by molar-refractivity contribution is -0.0151. The lowest BCUT2D eigenvalue weighted by atomic mass is 9.76. The Labute approximate surface area is 129 Å². The minimum atomic E-state index is 0.0694. The van der Waals surface area contributed by atoms with Gasteiger partial charge in [-0.15, -0.1) is 0 Å². The Morgan fingerprint density at radius 1 is 1.33 bits per heavy atom. The highest BCUT2D eigenvalue weighted by Gasteiger charge is 2.34. The topological polar surface area (TPSA) is 47.3 Å². The molecule has 1 aliphatic rings. The van der Waals surface area contributed by atoms with E-state index in [1.807, 2.05) is 0 Å². The van der Waals surface area contributed by atoms with Crippen molar-refractivity contribution in [2.24, 2.45) is 11.3 Å². The van der Waals surface area contributed by atoms with Crippen LogP contribution in [0.3, 0.4) is 0 Å². The molecule has 1 aromatic carbocycles. The Hall–Kier alpha value is -0.900. The van der Waals surface area contributed by atoms with Crippen LogP contribution in [0.2, 0.25) is 0 Å². The van der Waals surface area contributed by atoms with Gasteiger partial charge in [-0.25, -0.2) is 0 Å². The van der Waals surface area contributed by atoms with E-state index in [1.165, 1.54) is 30.4 Å². The summed E-state index contributed by atoms with van der Waals surface area (Å²) >= 11 is 0. The van der Waals surface area contributed by atoms with Crippen LogP contribution in [0.4, 0.5) is 0 Å². The highest BCUT2D eigenvalue weighted by Crippen LogP contribution is 2.37.